The Morgan fingerprint density at radius 1 is 1.44 bits per heavy atom. The molecule has 3 heterocycles. The van der Waals surface area contributed by atoms with Gasteiger partial charge in [0, 0.05) is 35.2 Å². The van der Waals surface area contributed by atoms with Crippen LogP contribution >= 0.6 is 11.3 Å². The Labute approximate surface area is 148 Å². The maximum atomic E-state index is 12.7. The van der Waals surface area contributed by atoms with Gasteiger partial charge < -0.3 is 4.90 Å². The highest BCUT2D eigenvalue weighted by Gasteiger charge is 2.27. The molecule has 0 atom stereocenters. The van der Waals surface area contributed by atoms with E-state index >= 15 is 0 Å². The van der Waals surface area contributed by atoms with Crippen LogP contribution in [0.3, 0.4) is 0 Å². The fourth-order valence-electron chi connectivity index (χ4n) is 3.07. The lowest BCUT2D eigenvalue weighted by molar-refractivity contribution is 0.0729. The van der Waals surface area contributed by atoms with E-state index in [2.05, 4.69) is 21.3 Å². The number of nitrogens with zero attached hydrogens (tertiary/aromatic N) is 4. The second kappa shape index (κ2) is 6.15. The summed E-state index contributed by atoms with van der Waals surface area (Å²) in [4.78, 5) is 18.8. The molecule has 0 saturated carbocycles. The Kier molecular flexibility index (Phi) is 3.82. The third kappa shape index (κ3) is 2.81. The van der Waals surface area contributed by atoms with E-state index in [1.807, 2.05) is 30.0 Å². The van der Waals surface area contributed by atoms with Crippen molar-refractivity contribution >= 4 is 17.2 Å². The number of aromatic nitrogens is 3. The van der Waals surface area contributed by atoms with E-state index in [-0.39, 0.29) is 5.91 Å². The summed E-state index contributed by atoms with van der Waals surface area (Å²) in [7, 11) is 0. The number of hydrogen-bond donors (Lipinski definition) is 1. The highest BCUT2D eigenvalue weighted by atomic mass is 32.1. The smallest absolute Gasteiger partial charge is 0.273 e. The maximum absolute atomic E-state index is 12.7. The Morgan fingerprint density at radius 2 is 2.32 bits per heavy atom. The molecule has 4 rings (SSSR count). The minimum absolute atomic E-state index is 0.0482. The van der Waals surface area contributed by atoms with E-state index in [4.69, 9.17) is 5.26 Å². The highest BCUT2D eigenvalue weighted by Crippen LogP contribution is 2.29. The van der Waals surface area contributed by atoms with Gasteiger partial charge >= 0.3 is 0 Å². The SMILES string of the molecule is Cc1nc(C(=O)N2CCc3[nH]nc(-c4cccc(C#N)c4)c3C2)cs1. The first-order valence-corrected chi connectivity index (χ1v) is 8.81. The van der Waals surface area contributed by atoms with Crippen LogP contribution in [0.2, 0.25) is 0 Å². The molecule has 0 spiro atoms. The normalized spacial score (nSPS) is 13.4. The Morgan fingerprint density at radius 3 is 3.08 bits per heavy atom. The van der Waals surface area contributed by atoms with Gasteiger partial charge in [0.15, 0.2) is 0 Å². The van der Waals surface area contributed by atoms with Gasteiger partial charge in [0.25, 0.3) is 5.91 Å². The fourth-order valence-corrected chi connectivity index (χ4v) is 3.65. The summed E-state index contributed by atoms with van der Waals surface area (Å²) in [6.07, 6.45) is 0.731. The second-order valence-electron chi connectivity index (χ2n) is 5.95. The number of carbonyl (C=O) groups excluding carboxylic acids is 1. The molecule has 0 unspecified atom stereocenters. The summed E-state index contributed by atoms with van der Waals surface area (Å²) in [6, 6.07) is 9.52. The number of nitrogens with one attached hydrogen (secondary N) is 1. The number of hydrogen-bond acceptors (Lipinski definition) is 5. The molecule has 0 fully saturated rings. The molecule has 3 aromatic rings. The molecule has 124 valence electrons. The third-order valence-corrected chi connectivity index (χ3v) is 5.10. The molecule has 0 aliphatic carbocycles. The molecule has 7 heteroatoms. The molecule has 25 heavy (non-hydrogen) atoms. The summed E-state index contributed by atoms with van der Waals surface area (Å²) >= 11 is 1.48. The summed E-state index contributed by atoms with van der Waals surface area (Å²) in [6.45, 7) is 3.03. The van der Waals surface area contributed by atoms with Crippen LogP contribution in [0.4, 0.5) is 0 Å². The summed E-state index contributed by atoms with van der Waals surface area (Å²) in [5.74, 6) is -0.0482. The van der Waals surface area contributed by atoms with Crippen LogP contribution in [0.5, 0.6) is 0 Å². The predicted octanol–water partition coefficient (Wildman–Crippen LogP) is 2.91. The number of aryl methyl sites for hydroxylation is 1. The lowest BCUT2D eigenvalue weighted by Crippen LogP contribution is -2.36. The number of benzene rings is 1. The van der Waals surface area contributed by atoms with Crippen molar-refractivity contribution in [3.05, 3.63) is 57.2 Å². The molecule has 1 aromatic carbocycles. The topological polar surface area (TPSA) is 85.7 Å². The number of nitriles is 1. The average molecular weight is 349 g/mol. The molecular formula is C18H15N5OS. The van der Waals surface area contributed by atoms with Crippen LogP contribution in [0.25, 0.3) is 11.3 Å². The van der Waals surface area contributed by atoms with Crippen LogP contribution < -0.4 is 0 Å². The van der Waals surface area contributed by atoms with Gasteiger partial charge in [-0.1, -0.05) is 12.1 Å². The first-order valence-electron chi connectivity index (χ1n) is 7.94. The molecule has 1 aliphatic heterocycles. The Hall–Kier alpha value is -2.98. The largest absolute Gasteiger partial charge is 0.332 e. The number of aromatic amines is 1. The zero-order chi connectivity index (χ0) is 17.4. The van der Waals surface area contributed by atoms with E-state index in [0.717, 1.165) is 33.9 Å². The van der Waals surface area contributed by atoms with Gasteiger partial charge in [0.1, 0.15) is 5.69 Å². The number of carbonyl (C=O) groups is 1. The van der Waals surface area contributed by atoms with Gasteiger partial charge in [-0.25, -0.2) is 4.98 Å². The minimum atomic E-state index is -0.0482. The fraction of sp³-hybridized carbons (Fsp3) is 0.222. The second-order valence-corrected chi connectivity index (χ2v) is 7.01. The summed E-state index contributed by atoms with van der Waals surface area (Å²) in [5, 5.41) is 19.3. The first kappa shape index (κ1) is 15.5. The van der Waals surface area contributed by atoms with Crippen molar-refractivity contribution in [3.8, 4) is 17.3 Å². The van der Waals surface area contributed by atoms with Crippen molar-refractivity contribution < 1.29 is 4.79 Å². The van der Waals surface area contributed by atoms with Gasteiger partial charge in [-0.05, 0) is 19.1 Å². The summed E-state index contributed by atoms with van der Waals surface area (Å²) < 4.78 is 0. The number of rotatable bonds is 2. The number of H-pyrrole nitrogens is 1. The number of fused-ring (bicyclic) bond motifs is 1. The Bertz CT molecular complexity index is 997. The van der Waals surface area contributed by atoms with Crippen LogP contribution in [0.15, 0.2) is 29.6 Å². The molecule has 0 bridgehead atoms. The molecule has 2 aromatic heterocycles. The molecule has 1 aliphatic rings. The van der Waals surface area contributed by atoms with Crippen LogP contribution in [-0.4, -0.2) is 32.5 Å². The van der Waals surface area contributed by atoms with Gasteiger partial charge in [-0.2, -0.15) is 10.4 Å². The molecular weight excluding hydrogens is 334 g/mol. The van der Waals surface area contributed by atoms with Crippen LogP contribution in [0.1, 0.15) is 32.3 Å². The molecule has 0 radical (unpaired) electrons. The van der Waals surface area contributed by atoms with E-state index in [9.17, 15) is 4.79 Å². The quantitative estimate of drug-likeness (QED) is 0.771. The number of amides is 1. The Balaban J connectivity index is 1.65. The van der Waals surface area contributed by atoms with Crippen molar-refractivity contribution in [2.45, 2.75) is 19.9 Å². The maximum Gasteiger partial charge on any atom is 0.273 e. The molecule has 1 N–H and O–H groups in total. The predicted molar refractivity (Wildman–Crippen MR) is 94.0 cm³/mol. The van der Waals surface area contributed by atoms with E-state index in [1.54, 1.807) is 11.4 Å². The van der Waals surface area contributed by atoms with E-state index in [1.165, 1.54) is 11.3 Å². The van der Waals surface area contributed by atoms with Crippen molar-refractivity contribution in [1.29, 1.82) is 5.26 Å². The monoisotopic (exact) mass is 349 g/mol. The molecule has 6 nitrogen and oxygen atoms in total. The number of thiazole rings is 1. The zero-order valence-corrected chi connectivity index (χ0v) is 14.4. The van der Waals surface area contributed by atoms with Crippen molar-refractivity contribution in [2.75, 3.05) is 6.54 Å². The van der Waals surface area contributed by atoms with Gasteiger partial charge in [0.05, 0.1) is 28.9 Å². The highest BCUT2D eigenvalue weighted by molar-refractivity contribution is 7.09. The molecule has 1 amide bonds. The zero-order valence-electron chi connectivity index (χ0n) is 13.6. The molecule has 0 saturated heterocycles. The van der Waals surface area contributed by atoms with Gasteiger partial charge in [-0.3, -0.25) is 9.89 Å². The van der Waals surface area contributed by atoms with Crippen LogP contribution in [-0.2, 0) is 13.0 Å². The van der Waals surface area contributed by atoms with Crippen molar-refractivity contribution in [3.63, 3.8) is 0 Å². The lowest BCUT2D eigenvalue weighted by Gasteiger charge is -2.26. The lowest BCUT2D eigenvalue weighted by atomic mass is 10.00. The van der Waals surface area contributed by atoms with Crippen LogP contribution in [0, 0.1) is 18.3 Å². The van der Waals surface area contributed by atoms with E-state index < -0.39 is 0 Å². The average Bonchev–Trinajstić information content (AvgIpc) is 3.26. The third-order valence-electron chi connectivity index (χ3n) is 4.32. The van der Waals surface area contributed by atoms with Gasteiger partial charge in [-0.15, -0.1) is 11.3 Å². The summed E-state index contributed by atoms with van der Waals surface area (Å²) in [5.41, 5.74) is 4.85. The first-order chi connectivity index (χ1) is 12.2. The van der Waals surface area contributed by atoms with E-state index in [0.29, 0.717) is 24.3 Å². The standard InChI is InChI=1S/C18H15N5OS/c1-11-20-16(10-25-11)18(24)23-6-5-15-14(9-23)17(22-21-15)13-4-2-3-12(7-13)8-19/h2-4,7,10H,5-6,9H2,1H3,(H,21,22). The minimum Gasteiger partial charge on any atom is -0.332 e. The van der Waals surface area contributed by atoms with Crippen molar-refractivity contribution in [2.24, 2.45) is 0 Å². The van der Waals surface area contributed by atoms with Crippen molar-refractivity contribution in [1.82, 2.24) is 20.1 Å². The van der Waals surface area contributed by atoms with Gasteiger partial charge in [0.2, 0.25) is 0 Å².